The summed E-state index contributed by atoms with van der Waals surface area (Å²) in [4.78, 5) is 0. The van der Waals surface area contributed by atoms with Gasteiger partial charge in [0.1, 0.15) is 0 Å². The second kappa shape index (κ2) is 4.89. The maximum Gasteiger partial charge on any atom is 0.161 e. The van der Waals surface area contributed by atoms with E-state index in [2.05, 4.69) is 45.3 Å². The Balaban J connectivity index is 1.91. The van der Waals surface area contributed by atoms with Gasteiger partial charge in [0.15, 0.2) is 11.5 Å². The molecule has 3 N–H and O–H groups in total. The van der Waals surface area contributed by atoms with Crippen molar-refractivity contribution in [2.24, 2.45) is 22.6 Å². The van der Waals surface area contributed by atoms with E-state index in [-0.39, 0.29) is 16.9 Å². The molecule has 3 rings (SSSR count). The number of hydrogen-bond acceptors (Lipinski definition) is 4. The minimum Gasteiger partial charge on any atom is -0.490 e. The van der Waals surface area contributed by atoms with Gasteiger partial charge in [0.2, 0.25) is 0 Å². The van der Waals surface area contributed by atoms with Gasteiger partial charge in [0, 0.05) is 12.5 Å². The summed E-state index contributed by atoms with van der Waals surface area (Å²) in [7, 11) is 0. The molecule has 0 spiro atoms. The third-order valence-corrected chi connectivity index (χ3v) is 5.78. The predicted octanol–water partition coefficient (Wildman–Crippen LogP) is 3.03. The third-order valence-electron chi connectivity index (χ3n) is 5.78. The molecule has 1 heterocycles. The highest BCUT2D eigenvalue weighted by atomic mass is 16.5. The molecule has 1 aromatic carbocycles. The molecular weight excluding hydrogens is 264 g/mol. The van der Waals surface area contributed by atoms with Crippen molar-refractivity contribution >= 4 is 0 Å². The molecule has 116 valence electrons. The lowest BCUT2D eigenvalue weighted by molar-refractivity contribution is 0.296. The second-order valence-electron chi connectivity index (χ2n) is 7.32. The number of nitrogens with two attached hydrogens (primary N) is 1. The molecule has 1 saturated carbocycles. The molecule has 1 aliphatic heterocycles. The van der Waals surface area contributed by atoms with Gasteiger partial charge >= 0.3 is 0 Å². The van der Waals surface area contributed by atoms with Crippen molar-refractivity contribution in [2.45, 2.75) is 40.2 Å². The Morgan fingerprint density at radius 1 is 1.10 bits per heavy atom. The lowest BCUT2D eigenvalue weighted by atomic mass is 9.96. The molecule has 4 heteroatoms. The minimum absolute atomic E-state index is 0.132. The zero-order valence-corrected chi connectivity index (χ0v) is 13.4. The van der Waals surface area contributed by atoms with Crippen LogP contribution in [0, 0.1) is 16.7 Å². The van der Waals surface area contributed by atoms with Crippen molar-refractivity contribution < 1.29 is 9.47 Å². The molecule has 0 aromatic heterocycles. The van der Waals surface area contributed by atoms with Gasteiger partial charge in [0.25, 0.3) is 0 Å². The van der Waals surface area contributed by atoms with Gasteiger partial charge in [-0.15, -0.1) is 0 Å². The molecule has 1 atom stereocenters. The SMILES string of the molecule is CC1(C)C(C(NN)c2ccc3c(c2)OCCCO3)C1(C)C. The van der Waals surface area contributed by atoms with Gasteiger partial charge in [-0.3, -0.25) is 11.3 Å². The summed E-state index contributed by atoms with van der Waals surface area (Å²) >= 11 is 0. The molecule has 21 heavy (non-hydrogen) atoms. The fourth-order valence-corrected chi connectivity index (χ4v) is 3.84. The van der Waals surface area contributed by atoms with Crippen LogP contribution in [0.25, 0.3) is 0 Å². The number of hydrazine groups is 1. The Morgan fingerprint density at radius 2 is 1.71 bits per heavy atom. The van der Waals surface area contributed by atoms with E-state index in [9.17, 15) is 0 Å². The first kappa shape index (κ1) is 14.7. The van der Waals surface area contributed by atoms with Crippen LogP contribution >= 0.6 is 0 Å². The van der Waals surface area contributed by atoms with Crippen LogP contribution in [0.3, 0.4) is 0 Å². The Hall–Kier alpha value is -1.26. The highest BCUT2D eigenvalue weighted by Gasteiger charge is 2.67. The Bertz CT molecular complexity index is 526. The number of benzene rings is 1. The molecular formula is C17H26N2O2. The van der Waals surface area contributed by atoms with E-state index < -0.39 is 0 Å². The smallest absolute Gasteiger partial charge is 0.161 e. The Labute approximate surface area is 127 Å². The first-order chi connectivity index (χ1) is 9.89. The minimum atomic E-state index is 0.132. The lowest BCUT2D eigenvalue weighted by Gasteiger charge is -2.20. The van der Waals surface area contributed by atoms with Gasteiger partial charge < -0.3 is 9.47 Å². The standard InChI is InChI=1S/C17H26N2O2/c1-16(2)15(17(16,3)4)14(19-18)11-6-7-12-13(10-11)21-9-5-8-20-12/h6-7,10,14-15,19H,5,8-9,18H2,1-4H3. The predicted molar refractivity (Wildman–Crippen MR) is 83.2 cm³/mol. The molecule has 1 aromatic rings. The van der Waals surface area contributed by atoms with Crippen molar-refractivity contribution in [1.29, 1.82) is 0 Å². The molecule has 4 nitrogen and oxygen atoms in total. The first-order valence-corrected chi connectivity index (χ1v) is 7.75. The first-order valence-electron chi connectivity index (χ1n) is 7.75. The van der Waals surface area contributed by atoms with Crippen molar-refractivity contribution in [1.82, 2.24) is 5.43 Å². The van der Waals surface area contributed by atoms with Gasteiger partial charge in [0.05, 0.1) is 13.2 Å². The molecule has 0 bridgehead atoms. The fraction of sp³-hybridized carbons (Fsp3) is 0.647. The summed E-state index contributed by atoms with van der Waals surface area (Å²) in [6.07, 6.45) is 0.922. The van der Waals surface area contributed by atoms with Gasteiger partial charge in [-0.05, 0) is 34.4 Å². The summed E-state index contributed by atoms with van der Waals surface area (Å²) in [5, 5.41) is 0. The summed E-state index contributed by atoms with van der Waals surface area (Å²) in [5.74, 6) is 8.04. The van der Waals surface area contributed by atoms with Gasteiger partial charge in [-0.2, -0.15) is 0 Å². The van der Waals surface area contributed by atoms with Crippen LogP contribution in [0.2, 0.25) is 0 Å². The molecule has 1 aliphatic carbocycles. The van der Waals surface area contributed by atoms with E-state index >= 15 is 0 Å². The number of fused-ring (bicyclic) bond motifs is 1. The number of hydrogen-bond donors (Lipinski definition) is 2. The van der Waals surface area contributed by atoms with E-state index in [0.717, 1.165) is 17.9 Å². The average molecular weight is 290 g/mol. The Morgan fingerprint density at radius 3 is 2.29 bits per heavy atom. The van der Waals surface area contributed by atoms with Crippen LogP contribution in [0.1, 0.15) is 45.7 Å². The van der Waals surface area contributed by atoms with Crippen molar-refractivity contribution in [2.75, 3.05) is 13.2 Å². The van der Waals surface area contributed by atoms with Crippen LogP contribution in [0.4, 0.5) is 0 Å². The van der Waals surface area contributed by atoms with Crippen LogP contribution < -0.4 is 20.7 Å². The largest absolute Gasteiger partial charge is 0.490 e. The lowest BCUT2D eigenvalue weighted by Crippen LogP contribution is -2.31. The molecule has 0 radical (unpaired) electrons. The fourth-order valence-electron chi connectivity index (χ4n) is 3.84. The topological polar surface area (TPSA) is 56.5 Å². The third kappa shape index (κ3) is 2.21. The van der Waals surface area contributed by atoms with Crippen LogP contribution in [-0.2, 0) is 0 Å². The quantitative estimate of drug-likeness (QED) is 0.663. The van der Waals surface area contributed by atoms with E-state index in [1.807, 2.05) is 6.07 Å². The molecule has 0 amide bonds. The highest BCUT2D eigenvalue weighted by Crippen LogP contribution is 2.72. The van der Waals surface area contributed by atoms with Gasteiger partial charge in [-0.25, -0.2) is 0 Å². The van der Waals surface area contributed by atoms with Crippen LogP contribution in [-0.4, -0.2) is 13.2 Å². The van der Waals surface area contributed by atoms with Crippen molar-refractivity contribution in [3.63, 3.8) is 0 Å². The van der Waals surface area contributed by atoms with E-state index in [0.29, 0.717) is 19.1 Å². The Kier molecular flexibility index (Phi) is 3.41. The number of ether oxygens (including phenoxy) is 2. The zero-order valence-electron chi connectivity index (χ0n) is 13.4. The second-order valence-corrected chi connectivity index (χ2v) is 7.32. The van der Waals surface area contributed by atoms with E-state index in [4.69, 9.17) is 15.3 Å². The van der Waals surface area contributed by atoms with E-state index in [1.165, 1.54) is 5.56 Å². The average Bonchev–Trinajstić information content (AvgIpc) is 2.96. The number of nitrogens with one attached hydrogen (secondary N) is 1. The summed E-state index contributed by atoms with van der Waals surface area (Å²) in [6, 6.07) is 6.31. The maximum absolute atomic E-state index is 5.87. The number of rotatable bonds is 3. The van der Waals surface area contributed by atoms with Crippen molar-refractivity contribution in [3.8, 4) is 11.5 Å². The van der Waals surface area contributed by atoms with E-state index in [1.54, 1.807) is 0 Å². The monoisotopic (exact) mass is 290 g/mol. The van der Waals surface area contributed by atoms with Crippen LogP contribution in [0.15, 0.2) is 18.2 Å². The molecule has 2 aliphatic rings. The molecule has 1 fully saturated rings. The summed E-state index contributed by atoms with van der Waals surface area (Å²) in [6.45, 7) is 10.7. The summed E-state index contributed by atoms with van der Waals surface area (Å²) < 4.78 is 11.5. The maximum atomic E-state index is 5.87. The highest BCUT2D eigenvalue weighted by molar-refractivity contribution is 5.45. The normalized spacial score (nSPS) is 24.2. The summed E-state index contributed by atoms with van der Waals surface area (Å²) in [5.41, 5.74) is 4.73. The van der Waals surface area contributed by atoms with Crippen molar-refractivity contribution in [3.05, 3.63) is 23.8 Å². The van der Waals surface area contributed by atoms with Gasteiger partial charge in [-0.1, -0.05) is 33.8 Å². The molecule has 1 unspecified atom stereocenters. The molecule has 0 saturated heterocycles. The van der Waals surface area contributed by atoms with Crippen LogP contribution in [0.5, 0.6) is 11.5 Å². The zero-order chi connectivity index (χ0) is 15.3.